The Morgan fingerprint density at radius 3 is 2.79 bits per heavy atom. The third kappa shape index (κ3) is 2.53. The molecule has 3 heterocycles. The molecule has 5 rings (SSSR count). The van der Waals surface area contributed by atoms with Gasteiger partial charge in [-0.15, -0.1) is 0 Å². The molecule has 2 amide bonds. The molecule has 0 saturated carbocycles. The molecule has 28 heavy (non-hydrogen) atoms. The summed E-state index contributed by atoms with van der Waals surface area (Å²) in [6.45, 7) is 3.55. The molecule has 0 aromatic heterocycles. The lowest BCUT2D eigenvalue weighted by atomic mass is 9.72. The number of amides is 2. The van der Waals surface area contributed by atoms with Crippen LogP contribution in [-0.4, -0.2) is 43.5 Å². The Labute approximate surface area is 163 Å². The molecule has 148 valence electrons. The number of hydroxylamine groups is 1. The molecule has 4 aliphatic rings. The molecule has 0 radical (unpaired) electrons. The van der Waals surface area contributed by atoms with Crippen molar-refractivity contribution in [3.8, 4) is 0 Å². The molecule has 4 unspecified atom stereocenters. The lowest BCUT2D eigenvalue weighted by Crippen LogP contribution is -2.50. The van der Waals surface area contributed by atoms with Gasteiger partial charge in [0.15, 0.2) is 5.78 Å². The summed E-state index contributed by atoms with van der Waals surface area (Å²) in [5.41, 5.74) is 1.06. The smallest absolute Gasteiger partial charge is 0.264 e. The highest BCUT2D eigenvalue weighted by Gasteiger charge is 2.61. The Balaban J connectivity index is 1.92. The summed E-state index contributed by atoms with van der Waals surface area (Å²) in [6, 6.07) is 7.06. The Bertz CT molecular complexity index is 879. The number of ether oxygens (including phenoxy) is 1. The second-order valence-electron chi connectivity index (χ2n) is 7.54. The molecular weight excluding hydrogens is 360 g/mol. The molecule has 2 bridgehead atoms. The Hall–Kier alpha value is -2.51. The van der Waals surface area contributed by atoms with Gasteiger partial charge in [0.25, 0.3) is 5.91 Å². The molecule has 4 atom stereocenters. The third-order valence-electron chi connectivity index (χ3n) is 6.08. The van der Waals surface area contributed by atoms with Crippen molar-refractivity contribution in [2.45, 2.75) is 44.2 Å². The van der Waals surface area contributed by atoms with Crippen molar-refractivity contribution in [1.29, 1.82) is 0 Å². The number of carbonyl (C=O) groups is 3. The lowest BCUT2D eigenvalue weighted by molar-refractivity contribution is -0.134. The average molecular weight is 384 g/mol. The first-order valence-electron chi connectivity index (χ1n) is 9.55. The van der Waals surface area contributed by atoms with Gasteiger partial charge in [-0.3, -0.25) is 19.2 Å². The predicted octanol–water partition coefficient (Wildman–Crippen LogP) is 1.66. The van der Waals surface area contributed by atoms with Crippen LogP contribution in [0.5, 0.6) is 0 Å². The number of nitrogens with one attached hydrogen (secondary N) is 1. The molecule has 1 N–H and O–H groups in total. The fourth-order valence-electron chi connectivity index (χ4n) is 4.86. The number of fused-ring (bicyclic) bond motifs is 3. The maximum Gasteiger partial charge on any atom is 0.264 e. The standard InChI is InChI=1S/C21H24N2O5/c1-4-18(25)13-9-19-21(10-16(22-12(2)24)14(13)11-28-19)15-7-5-6-8-17(15)23(27-3)20(21)26/h5-9,14,16,19H,4,10-11H2,1-3H3,(H,22,24). The number of rotatable bonds is 4. The van der Waals surface area contributed by atoms with Gasteiger partial charge in [0.1, 0.15) is 5.41 Å². The summed E-state index contributed by atoms with van der Waals surface area (Å²) in [5.74, 6) is -0.689. The van der Waals surface area contributed by atoms with Crippen LogP contribution in [0, 0.1) is 5.92 Å². The van der Waals surface area contributed by atoms with Crippen molar-refractivity contribution < 1.29 is 24.0 Å². The molecule has 1 spiro atoms. The number of anilines is 1. The summed E-state index contributed by atoms with van der Waals surface area (Å²) in [7, 11) is 1.45. The van der Waals surface area contributed by atoms with Crippen molar-refractivity contribution in [3.05, 3.63) is 41.5 Å². The van der Waals surface area contributed by atoms with Crippen LogP contribution < -0.4 is 10.4 Å². The van der Waals surface area contributed by atoms with E-state index >= 15 is 0 Å². The summed E-state index contributed by atoms with van der Waals surface area (Å²) in [4.78, 5) is 43.5. The summed E-state index contributed by atoms with van der Waals surface area (Å²) in [6.07, 6.45) is 1.91. The SMILES string of the molecule is CCC(=O)C1=CC2OCC1C(NC(C)=O)CC21C(=O)N(OC)c2ccccc21. The second kappa shape index (κ2) is 6.83. The molecule has 1 aromatic carbocycles. The molecule has 1 aliphatic carbocycles. The maximum atomic E-state index is 13.6. The number of para-hydroxylation sites is 1. The Kier molecular flexibility index (Phi) is 4.59. The van der Waals surface area contributed by atoms with E-state index in [4.69, 9.17) is 9.57 Å². The zero-order valence-electron chi connectivity index (χ0n) is 16.2. The quantitative estimate of drug-likeness (QED) is 0.853. The van der Waals surface area contributed by atoms with Crippen LogP contribution in [0.15, 0.2) is 35.9 Å². The predicted molar refractivity (Wildman–Crippen MR) is 101 cm³/mol. The fourth-order valence-corrected chi connectivity index (χ4v) is 4.86. The van der Waals surface area contributed by atoms with Crippen molar-refractivity contribution >= 4 is 23.3 Å². The zero-order chi connectivity index (χ0) is 20.1. The van der Waals surface area contributed by atoms with Gasteiger partial charge < -0.3 is 10.1 Å². The highest BCUT2D eigenvalue weighted by atomic mass is 16.7. The largest absolute Gasteiger partial charge is 0.372 e. The minimum absolute atomic E-state index is 0.0213. The summed E-state index contributed by atoms with van der Waals surface area (Å²) >= 11 is 0. The number of hydrogen-bond acceptors (Lipinski definition) is 5. The fraction of sp³-hybridized carbons (Fsp3) is 0.476. The van der Waals surface area contributed by atoms with Gasteiger partial charge in [0.05, 0.1) is 25.5 Å². The van der Waals surface area contributed by atoms with Crippen molar-refractivity contribution in [1.82, 2.24) is 5.32 Å². The van der Waals surface area contributed by atoms with E-state index in [1.165, 1.54) is 19.1 Å². The van der Waals surface area contributed by atoms with Crippen molar-refractivity contribution in [3.63, 3.8) is 0 Å². The normalized spacial score (nSPS) is 30.8. The van der Waals surface area contributed by atoms with E-state index in [0.717, 1.165) is 5.56 Å². The first-order chi connectivity index (χ1) is 13.4. The minimum atomic E-state index is -1.05. The van der Waals surface area contributed by atoms with Crippen LogP contribution in [0.25, 0.3) is 0 Å². The molecule has 7 heteroatoms. The monoisotopic (exact) mass is 384 g/mol. The number of ketones is 1. The van der Waals surface area contributed by atoms with E-state index in [0.29, 0.717) is 24.1 Å². The van der Waals surface area contributed by atoms with E-state index in [2.05, 4.69) is 5.32 Å². The highest BCUT2D eigenvalue weighted by Crippen LogP contribution is 2.52. The van der Waals surface area contributed by atoms with Gasteiger partial charge in [-0.05, 0) is 24.1 Å². The van der Waals surface area contributed by atoms with Gasteiger partial charge in [-0.1, -0.05) is 25.1 Å². The molecule has 1 aromatic rings. The van der Waals surface area contributed by atoms with Gasteiger partial charge in [-0.25, -0.2) is 0 Å². The molecular formula is C21H24N2O5. The first kappa shape index (κ1) is 18.8. The minimum Gasteiger partial charge on any atom is -0.372 e. The van der Waals surface area contributed by atoms with E-state index in [1.54, 1.807) is 6.08 Å². The zero-order valence-corrected chi connectivity index (χ0v) is 16.2. The summed E-state index contributed by atoms with van der Waals surface area (Å²) in [5, 5.41) is 4.26. The van der Waals surface area contributed by atoms with Crippen molar-refractivity contribution in [2.24, 2.45) is 5.92 Å². The van der Waals surface area contributed by atoms with Crippen LogP contribution in [0.4, 0.5) is 5.69 Å². The highest BCUT2D eigenvalue weighted by molar-refractivity contribution is 6.08. The third-order valence-corrected chi connectivity index (χ3v) is 6.08. The maximum absolute atomic E-state index is 13.6. The van der Waals surface area contributed by atoms with Crippen molar-refractivity contribution in [2.75, 3.05) is 18.8 Å². The van der Waals surface area contributed by atoms with E-state index in [1.807, 2.05) is 31.2 Å². The second-order valence-corrected chi connectivity index (χ2v) is 7.54. The lowest BCUT2D eigenvalue weighted by Gasteiger charge is -2.33. The first-order valence-corrected chi connectivity index (χ1v) is 9.55. The summed E-state index contributed by atoms with van der Waals surface area (Å²) < 4.78 is 6.11. The van der Waals surface area contributed by atoms with Gasteiger partial charge >= 0.3 is 0 Å². The van der Waals surface area contributed by atoms with Crippen LogP contribution in [0.1, 0.15) is 32.3 Å². The number of carbonyl (C=O) groups excluding carboxylic acids is 3. The average Bonchev–Trinajstić information content (AvgIpc) is 2.79. The van der Waals surface area contributed by atoms with Gasteiger partial charge in [0, 0.05) is 30.9 Å². The molecule has 1 saturated heterocycles. The Morgan fingerprint density at radius 2 is 2.11 bits per heavy atom. The molecule has 7 nitrogen and oxygen atoms in total. The van der Waals surface area contributed by atoms with E-state index in [-0.39, 0.29) is 36.2 Å². The van der Waals surface area contributed by atoms with Crippen LogP contribution >= 0.6 is 0 Å². The van der Waals surface area contributed by atoms with Crippen LogP contribution in [0.3, 0.4) is 0 Å². The van der Waals surface area contributed by atoms with E-state index in [9.17, 15) is 14.4 Å². The van der Waals surface area contributed by atoms with Crippen LogP contribution in [-0.2, 0) is 29.4 Å². The van der Waals surface area contributed by atoms with Gasteiger partial charge in [0.2, 0.25) is 5.91 Å². The number of nitrogens with zero attached hydrogens (tertiary/aromatic N) is 1. The number of hydrogen-bond donors (Lipinski definition) is 1. The van der Waals surface area contributed by atoms with E-state index < -0.39 is 11.5 Å². The van der Waals surface area contributed by atoms with Gasteiger partial charge in [-0.2, -0.15) is 5.06 Å². The number of benzene rings is 1. The molecule has 3 aliphatic heterocycles. The molecule has 1 fully saturated rings. The van der Waals surface area contributed by atoms with Crippen LogP contribution in [0.2, 0.25) is 0 Å². The Morgan fingerprint density at radius 1 is 1.36 bits per heavy atom. The topological polar surface area (TPSA) is 84.9 Å². The number of Topliss-reactive ketones (excluding diaryl/α,β-unsaturated/α-hetero) is 1.